The largest absolute Gasteiger partial charge is 0.369 e. The van der Waals surface area contributed by atoms with E-state index in [1.54, 1.807) is 24.4 Å². The SMILES string of the molecule is CCNc1ncccc1S(=O)(=O)Nc1cc(C)cc(Br)c1. The number of halogens is 1. The molecule has 0 saturated carbocycles. The number of hydrogen-bond donors (Lipinski definition) is 2. The number of rotatable bonds is 5. The van der Waals surface area contributed by atoms with Crippen LogP contribution in [0.25, 0.3) is 0 Å². The van der Waals surface area contributed by atoms with Gasteiger partial charge in [-0.05, 0) is 49.7 Å². The zero-order valence-electron chi connectivity index (χ0n) is 11.7. The van der Waals surface area contributed by atoms with Crippen LogP contribution in [-0.4, -0.2) is 19.9 Å². The fourth-order valence-corrected chi connectivity index (χ4v) is 3.70. The van der Waals surface area contributed by atoms with Crippen LogP contribution in [-0.2, 0) is 10.0 Å². The Kier molecular flexibility index (Phi) is 4.84. The summed E-state index contributed by atoms with van der Waals surface area (Å²) in [6.07, 6.45) is 1.56. The number of aryl methyl sites for hydroxylation is 1. The summed E-state index contributed by atoms with van der Waals surface area (Å²) < 4.78 is 28.4. The summed E-state index contributed by atoms with van der Waals surface area (Å²) in [5.74, 6) is 0.346. The average molecular weight is 370 g/mol. The smallest absolute Gasteiger partial charge is 0.265 e. The third kappa shape index (κ3) is 3.95. The molecule has 0 aliphatic rings. The van der Waals surface area contributed by atoms with E-state index in [0.717, 1.165) is 10.0 Å². The van der Waals surface area contributed by atoms with Gasteiger partial charge in [-0.2, -0.15) is 0 Å². The number of aromatic nitrogens is 1. The number of hydrogen-bond acceptors (Lipinski definition) is 4. The van der Waals surface area contributed by atoms with Gasteiger partial charge in [0.1, 0.15) is 10.7 Å². The molecule has 2 N–H and O–H groups in total. The van der Waals surface area contributed by atoms with Crippen LogP contribution >= 0.6 is 15.9 Å². The molecular weight excluding hydrogens is 354 g/mol. The average Bonchev–Trinajstić information content (AvgIpc) is 2.37. The first-order valence-electron chi connectivity index (χ1n) is 6.41. The minimum absolute atomic E-state index is 0.129. The van der Waals surface area contributed by atoms with Crippen LogP contribution < -0.4 is 10.0 Å². The standard InChI is InChI=1S/C14H16BrN3O2S/c1-3-16-14-13(5-4-6-17-14)21(19,20)18-12-8-10(2)7-11(15)9-12/h4-9,18H,3H2,1-2H3,(H,16,17). The lowest BCUT2D eigenvalue weighted by molar-refractivity contribution is 0.601. The lowest BCUT2D eigenvalue weighted by Gasteiger charge is -2.12. The van der Waals surface area contributed by atoms with Crippen LogP contribution in [0, 0.1) is 6.92 Å². The third-order valence-corrected chi connectivity index (χ3v) is 4.57. The summed E-state index contributed by atoms with van der Waals surface area (Å²) in [5.41, 5.74) is 1.47. The molecule has 2 aromatic rings. The predicted molar refractivity (Wildman–Crippen MR) is 88.1 cm³/mol. The van der Waals surface area contributed by atoms with E-state index in [-0.39, 0.29) is 4.90 Å². The maximum absolute atomic E-state index is 12.5. The topological polar surface area (TPSA) is 71.1 Å². The summed E-state index contributed by atoms with van der Waals surface area (Å²) in [6.45, 7) is 4.38. The van der Waals surface area contributed by atoms with Gasteiger partial charge < -0.3 is 5.32 Å². The molecule has 21 heavy (non-hydrogen) atoms. The van der Waals surface area contributed by atoms with E-state index >= 15 is 0 Å². The molecule has 1 aromatic carbocycles. The molecule has 0 atom stereocenters. The summed E-state index contributed by atoms with van der Waals surface area (Å²) >= 11 is 3.36. The summed E-state index contributed by atoms with van der Waals surface area (Å²) in [7, 11) is -3.70. The number of anilines is 2. The van der Waals surface area contributed by atoms with Crippen molar-refractivity contribution >= 4 is 37.5 Å². The fourth-order valence-electron chi connectivity index (χ4n) is 1.91. The quantitative estimate of drug-likeness (QED) is 0.847. The van der Waals surface area contributed by atoms with E-state index in [4.69, 9.17) is 0 Å². The first-order chi connectivity index (χ1) is 9.92. The van der Waals surface area contributed by atoms with Crippen LogP contribution in [0.2, 0.25) is 0 Å². The van der Waals surface area contributed by atoms with E-state index < -0.39 is 10.0 Å². The summed E-state index contributed by atoms with van der Waals surface area (Å²) in [4.78, 5) is 4.20. The molecule has 0 unspecified atom stereocenters. The Morgan fingerprint density at radius 3 is 2.71 bits per heavy atom. The van der Waals surface area contributed by atoms with E-state index in [0.29, 0.717) is 18.1 Å². The van der Waals surface area contributed by atoms with Crippen molar-refractivity contribution in [3.05, 3.63) is 46.6 Å². The number of benzene rings is 1. The van der Waals surface area contributed by atoms with E-state index in [2.05, 4.69) is 31.0 Å². The minimum atomic E-state index is -3.70. The molecule has 1 heterocycles. The maximum Gasteiger partial charge on any atom is 0.265 e. The first-order valence-corrected chi connectivity index (χ1v) is 8.69. The molecule has 0 aliphatic heterocycles. The molecule has 0 bridgehead atoms. The second-order valence-corrected chi connectivity index (χ2v) is 7.07. The molecule has 2 rings (SSSR count). The van der Waals surface area contributed by atoms with Crippen LogP contribution in [0.1, 0.15) is 12.5 Å². The van der Waals surface area contributed by atoms with Crippen LogP contribution in [0.5, 0.6) is 0 Å². The summed E-state index contributed by atoms with van der Waals surface area (Å²) in [6, 6.07) is 8.52. The monoisotopic (exact) mass is 369 g/mol. The zero-order chi connectivity index (χ0) is 15.5. The second-order valence-electron chi connectivity index (χ2n) is 4.50. The molecule has 0 aliphatic carbocycles. The highest BCUT2D eigenvalue weighted by Gasteiger charge is 2.19. The molecule has 0 amide bonds. The Bertz CT molecular complexity index is 727. The van der Waals surface area contributed by atoms with Crippen molar-refractivity contribution in [2.45, 2.75) is 18.7 Å². The lowest BCUT2D eigenvalue weighted by Crippen LogP contribution is -2.16. The highest BCUT2D eigenvalue weighted by Crippen LogP contribution is 2.24. The van der Waals surface area contributed by atoms with Crippen LogP contribution in [0.4, 0.5) is 11.5 Å². The molecule has 5 nitrogen and oxygen atoms in total. The van der Waals surface area contributed by atoms with Gasteiger partial charge in [0, 0.05) is 17.2 Å². The van der Waals surface area contributed by atoms with Gasteiger partial charge in [0.2, 0.25) is 0 Å². The predicted octanol–water partition coefficient (Wildman–Crippen LogP) is 3.39. The van der Waals surface area contributed by atoms with Crippen molar-refractivity contribution in [1.82, 2.24) is 4.98 Å². The van der Waals surface area contributed by atoms with Gasteiger partial charge in [-0.25, -0.2) is 13.4 Å². The normalized spacial score (nSPS) is 11.2. The van der Waals surface area contributed by atoms with Gasteiger partial charge in [-0.3, -0.25) is 4.72 Å². The van der Waals surface area contributed by atoms with Gasteiger partial charge >= 0.3 is 0 Å². The van der Waals surface area contributed by atoms with Gasteiger partial charge in [0.15, 0.2) is 0 Å². The first kappa shape index (κ1) is 15.8. The summed E-state index contributed by atoms with van der Waals surface area (Å²) in [5, 5.41) is 2.95. The maximum atomic E-state index is 12.5. The number of sulfonamides is 1. The highest BCUT2D eigenvalue weighted by molar-refractivity contribution is 9.10. The Balaban J connectivity index is 2.38. The molecule has 0 spiro atoms. The zero-order valence-corrected chi connectivity index (χ0v) is 14.1. The number of nitrogens with one attached hydrogen (secondary N) is 2. The van der Waals surface area contributed by atoms with Crippen molar-refractivity contribution in [3.8, 4) is 0 Å². The van der Waals surface area contributed by atoms with Gasteiger partial charge in [0.25, 0.3) is 10.0 Å². The van der Waals surface area contributed by atoms with Gasteiger partial charge in [-0.15, -0.1) is 0 Å². The molecule has 112 valence electrons. The number of nitrogens with zero attached hydrogens (tertiary/aromatic N) is 1. The van der Waals surface area contributed by atoms with Gasteiger partial charge in [0.05, 0.1) is 5.69 Å². The molecule has 0 fully saturated rings. The lowest BCUT2D eigenvalue weighted by atomic mass is 10.2. The molecule has 0 saturated heterocycles. The van der Waals surface area contributed by atoms with Crippen molar-refractivity contribution in [2.75, 3.05) is 16.6 Å². The molecule has 1 aromatic heterocycles. The van der Waals surface area contributed by atoms with Crippen LogP contribution in [0.15, 0.2) is 45.9 Å². The minimum Gasteiger partial charge on any atom is -0.369 e. The Hall–Kier alpha value is -1.60. The Morgan fingerprint density at radius 2 is 2.05 bits per heavy atom. The third-order valence-electron chi connectivity index (χ3n) is 2.70. The Morgan fingerprint density at radius 1 is 1.29 bits per heavy atom. The van der Waals surface area contributed by atoms with E-state index in [1.807, 2.05) is 19.9 Å². The molecule has 0 radical (unpaired) electrons. The fraction of sp³-hybridized carbons (Fsp3) is 0.214. The van der Waals surface area contributed by atoms with Crippen molar-refractivity contribution < 1.29 is 8.42 Å². The van der Waals surface area contributed by atoms with Crippen molar-refractivity contribution in [2.24, 2.45) is 0 Å². The highest BCUT2D eigenvalue weighted by atomic mass is 79.9. The van der Waals surface area contributed by atoms with Crippen molar-refractivity contribution in [3.63, 3.8) is 0 Å². The van der Waals surface area contributed by atoms with Crippen molar-refractivity contribution in [1.29, 1.82) is 0 Å². The molecular formula is C14H16BrN3O2S. The second kappa shape index (κ2) is 6.44. The molecule has 7 heteroatoms. The van der Waals surface area contributed by atoms with E-state index in [1.165, 1.54) is 6.07 Å². The van der Waals surface area contributed by atoms with Gasteiger partial charge in [-0.1, -0.05) is 15.9 Å². The van der Waals surface area contributed by atoms with Crippen LogP contribution in [0.3, 0.4) is 0 Å². The Labute approximate surface area is 133 Å². The van der Waals surface area contributed by atoms with E-state index in [9.17, 15) is 8.42 Å². The number of pyridine rings is 1.